The lowest BCUT2D eigenvalue weighted by atomic mass is 9.46. The number of nitrogens with zero attached hydrogens (tertiary/aromatic N) is 4. The van der Waals surface area contributed by atoms with E-state index < -0.39 is 0 Å². The van der Waals surface area contributed by atoms with Crippen molar-refractivity contribution in [2.24, 2.45) is 17.3 Å². The van der Waals surface area contributed by atoms with Gasteiger partial charge in [0.1, 0.15) is 5.75 Å². The number of methoxy groups -OCH3 is 1. The highest BCUT2D eigenvalue weighted by atomic mass is 16.5. The van der Waals surface area contributed by atoms with E-state index in [1.165, 1.54) is 6.42 Å². The summed E-state index contributed by atoms with van der Waals surface area (Å²) in [4.78, 5) is 14.9. The lowest BCUT2D eigenvalue weighted by molar-refractivity contribution is -0.135. The van der Waals surface area contributed by atoms with Crippen LogP contribution in [0.4, 0.5) is 5.69 Å². The molecular weight excluding hydrogens is 354 g/mol. The molecule has 28 heavy (non-hydrogen) atoms. The van der Waals surface area contributed by atoms with Gasteiger partial charge in [-0.1, -0.05) is 12.1 Å². The Bertz CT molecular complexity index is 894. The maximum atomic E-state index is 13.0. The van der Waals surface area contributed by atoms with Gasteiger partial charge in [0.05, 0.1) is 18.3 Å². The van der Waals surface area contributed by atoms with Crippen LogP contribution in [0.25, 0.3) is 0 Å². The van der Waals surface area contributed by atoms with Gasteiger partial charge in [0.25, 0.3) is 0 Å². The van der Waals surface area contributed by atoms with Crippen molar-refractivity contribution in [2.45, 2.75) is 57.4 Å². The second-order valence-electron chi connectivity index (χ2n) is 9.24. The standard InChI is InChI=1S/C21H27N5O2/c1-14-23-25-26(24-14)21-10-15-7-16(11-21)9-20(8-15,13-21)12-19(27)22-17-5-3-4-6-18(17)28-2/h3-6,15-16H,7-13H2,1-2H3,(H,22,27). The Balaban J connectivity index is 1.38. The summed E-state index contributed by atoms with van der Waals surface area (Å²) >= 11 is 0. The van der Waals surface area contributed by atoms with Gasteiger partial charge in [0, 0.05) is 6.42 Å². The van der Waals surface area contributed by atoms with E-state index in [1.807, 2.05) is 36.0 Å². The highest BCUT2D eigenvalue weighted by Gasteiger charge is 2.60. The summed E-state index contributed by atoms with van der Waals surface area (Å²) in [6.45, 7) is 1.89. The van der Waals surface area contributed by atoms with Crippen LogP contribution in [-0.4, -0.2) is 33.2 Å². The number of rotatable bonds is 5. The number of nitrogens with one attached hydrogen (secondary N) is 1. The van der Waals surface area contributed by atoms with Crippen molar-refractivity contribution < 1.29 is 9.53 Å². The Morgan fingerprint density at radius 3 is 2.68 bits per heavy atom. The van der Waals surface area contributed by atoms with Gasteiger partial charge in [-0.3, -0.25) is 4.79 Å². The second-order valence-corrected chi connectivity index (χ2v) is 9.24. The molecular formula is C21H27N5O2. The van der Waals surface area contributed by atoms with Crippen LogP contribution in [0.3, 0.4) is 0 Å². The van der Waals surface area contributed by atoms with Crippen LogP contribution < -0.4 is 10.1 Å². The number of amides is 1. The van der Waals surface area contributed by atoms with Crippen molar-refractivity contribution in [2.75, 3.05) is 12.4 Å². The fourth-order valence-corrected chi connectivity index (χ4v) is 6.61. The molecule has 2 aromatic rings. The summed E-state index contributed by atoms with van der Waals surface area (Å²) in [6.07, 6.45) is 7.32. The van der Waals surface area contributed by atoms with Crippen molar-refractivity contribution in [1.82, 2.24) is 20.2 Å². The minimum Gasteiger partial charge on any atom is -0.495 e. The molecule has 148 valence electrons. The van der Waals surface area contributed by atoms with Gasteiger partial charge < -0.3 is 10.1 Å². The Hall–Kier alpha value is -2.44. The third-order valence-electron chi connectivity index (χ3n) is 7.01. The summed E-state index contributed by atoms with van der Waals surface area (Å²) in [6, 6.07) is 7.58. The molecule has 4 bridgehead atoms. The minimum atomic E-state index is -0.0595. The first-order valence-corrected chi connectivity index (χ1v) is 10.2. The molecule has 4 aliphatic carbocycles. The molecule has 7 heteroatoms. The molecule has 1 aromatic heterocycles. The Kier molecular flexibility index (Phi) is 3.96. The van der Waals surface area contributed by atoms with E-state index in [-0.39, 0.29) is 16.9 Å². The van der Waals surface area contributed by atoms with E-state index in [2.05, 4.69) is 20.7 Å². The molecule has 1 heterocycles. The van der Waals surface area contributed by atoms with Crippen molar-refractivity contribution in [3.05, 3.63) is 30.1 Å². The number of carbonyl (C=O) groups excluding carboxylic acids is 1. The average Bonchev–Trinajstić information content (AvgIpc) is 3.08. The van der Waals surface area contributed by atoms with Gasteiger partial charge >= 0.3 is 0 Å². The number of ether oxygens (including phenoxy) is 1. The molecule has 4 aliphatic rings. The highest BCUT2D eigenvalue weighted by molar-refractivity contribution is 5.92. The number of benzene rings is 1. The normalized spacial score (nSPS) is 33.1. The SMILES string of the molecule is COc1ccccc1NC(=O)CC12CC3CC(C1)CC(n1nnc(C)n1)(C3)C2. The first-order valence-electron chi connectivity index (χ1n) is 10.2. The van der Waals surface area contributed by atoms with E-state index in [0.29, 0.717) is 24.0 Å². The first-order chi connectivity index (χ1) is 13.5. The summed E-state index contributed by atoms with van der Waals surface area (Å²) in [5.41, 5.74) is 0.719. The van der Waals surface area contributed by atoms with E-state index >= 15 is 0 Å². The van der Waals surface area contributed by atoms with Crippen molar-refractivity contribution in [1.29, 1.82) is 0 Å². The predicted molar refractivity (Wildman–Crippen MR) is 104 cm³/mol. The number of aryl methyl sites for hydroxylation is 1. The average molecular weight is 381 g/mol. The third kappa shape index (κ3) is 2.88. The van der Waals surface area contributed by atoms with Crippen LogP contribution in [-0.2, 0) is 10.3 Å². The third-order valence-corrected chi connectivity index (χ3v) is 7.01. The smallest absolute Gasteiger partial charge is 0.225 e. The Labute approximate surface area is 164 Å². The molecule has 4 fully saturated rings. The summed E-state index contributed by atoms with van der Waals surface area (Å²) < 4.78 is 5.37. The first kappa shape index (κ1) is 17.6. The largest absolute Gasteiger partial charge is 0.495 e. The molecule has 2 unspecified atom stereocenters. The van der Waals surface area contributed by atoms with E-state index in [1.54, 1.807) is 7.11 Å². The van der Waals surface area contributed by atoms with Gasteiger partial charge in [-0.2, -0.15) is 4.80 Å². The van der Waals surface area contributed by atoms with Crippen LogP contribution >= 0.6 is 0 Å². The van der Waals surface area contributed by atoms with Gasteiger partial charge in [-0.25, -0.2) is 0 Å². The van der Waals surface area contributed by atoms with Gasteiger partial charge in [-0.15, -0.1) is 10.2 Å². The van der Waals surface area contributed by atoms with Gasteiger partial charge in [0.15, 0.2) is 5.82 Å². The lowest BCUT2D eigenvalue weighted by Gasteiger charge is -2.61. The van der Waals surface area contributed by atoms with Crippen LogP contribution in [0.15, 0.2) is 24.3 Å². The Morgan fingerprint density at radius 1 is 1.25 bits per heavy atom. The van der Waals surface area contributed by atoms with Crippen molar-refractivity contribution in [3.63, 3.8) is 0 Å². The molecule has 0 radical (unpaired) electrons. The molecule has 0 spiro atoms. The number of hydrogen-bond acceptors (Lipinski definition) is 5. The zero-order chi connectivity index (χ0) is 19.4. The zero-order valence-corrected chi connectivity index (χ0v) is 16.5. The molecule has 7 nitrogen and oxygen atoms in total. The van der Waals surface area contributed by atoms with E-state index in [0.717, 1.165) is 43.6 Å². The summed E-state index contributed by atoms with van der Waals surface area (Å²) in [5, 5.41) is 16.1. The Morgan fingerprint density at radius 2 is 2.00 bits per heavy atom. The number of carbonyl (C=O) groups is 1. The van der Waals surface area contributed by atoms with Crippen LogP contribution in [0.2, 0.25) is 0 Å². The van der Waals surface area contributed by atoms with E-state index in [9.17, 15) is 4.79 Å². The summed E-state index contributed by atoms with van der Waals surface area (Å²) in [5.74, 6) is 2.81. The van der Waals surface area contributed by atoms with E-state index in [4.69, 9.17) is 4.74 Å². The highest BCUT2D eigenvalue weighted by Crippen LogP contribution is 2.65. The molecule has 6 rings (SSSR count). The molecule has 1 amide bonds. The predicted octanol–water partition coefficient (Wildman–Crippen LogP) is 3.31. The molecule has 1 N–H and O–H groups in total. The van der Waals surface area contributed by atoms with Crippen LogP contribution in [0, 0.1) is 24.2 Å². The molecule has 2 atom stereocenters. The quantitative estimate of drug-likeness (QED) is 0.859. The molecule has 0 aliphatic heterocycles. The van der Waals surface area contributed by atoms with Crippen LogP contribution in [0.1, 0.15) is 50.8 Å². The number of anilines is 1. The minimum absolute atomic E-state index is 0.0394. The van der Waals surface area contributed by atoms with Crippen LogP contribution in [0.5, 0.6) is 5.75 Å². The molecule has 4 saturated carbocycles. The monoisotopic (exact) mass is 381 g/mol. The fourth-order valence-electron chi connectivity index (χ4n) is 6.61. The number of hydrogen-bond donors (Lipinski definition) is 1. The topological polar surface area (TPSA) is 81.9 Å². The molecule has 0 saturated heterocycles. The number of tetrazole rings is 1. The van der Waals surface area contributed by atoms with Crippen molar-refractivity contribution in [3.8, 4) is 5.75 Å². The maximum Gasteiger partial charge on any atom is 0.225 e. The number of aromatic nitrogens is 4. The second kappa shape index (κ2) is 6.29. The fraction of sp³-hybridized carbons (Fsp3) is 0.619. The lowest BCUT2D eigenvalue weighted by Crippen LogP contribution is -2.57. The molecule has 1 aromatic carbocycles. The van der Waals surface area contributed by atoms with Gasteiger partial charge in [0.2, 0.25) is 5.91 Å². The van der Waals surface area contributed by atoms with Gasteiger partial charge in [-0.05, 0) is 80.0 Å². The van der Waals surface area contributed by atoms with Crippen molar-refractivity contribution >= 4 is 11.6 Å². The zero-order valence-electron chi connectivity index (χ0n) is 16.5. The summed E-state index contributed by atoms with van der Waals surface area (Å²) in [7, 11) is 1.63. The number of para-hydroxylation sites is 2. The maximum absolute atomic E-state index is 13.0.